The monoisotopic (exact) mass is 249 g/mol. The molecule has 0 aliphatic carbocycles. The Balaban J connectivity index is 2.15. The number of fused-ring (bicyclic) bond motifs is 1. The molecule has 0 saturated heterocycles. The van der Waals surface area contributed by atoms with Crippen molar-refractivity contribution >= 4 is 17.5 Å². The molecule has 3 rings (SSSR count). The number of aromatic nitrogens is 4. The quantitative estimate of drug-likeness (QED) is 0.838. The number of rotatable bonds is 1. The first-order valence-corrected chi connectivity index (χ1v) is 5.96. The molecule has 3 heterocycles. The minimum atomic E-state index is 0.236. The van der Waals surface area contributed by atoms with Crippen molar-refractivity contribution < 1.29 is 0 Å². The molecule has 0 radical (unpaired) electrons. The Hall–Kier alpha value is -1.62. The molecule has 1 aliphatic heterocycles. The van der Waals surface area contributed by atoms with Gasteiger partial charge in [-0.05, 0) is 19.3 Å². The molecule has 6 heteroatoms. The summed E-state index contributed by atoms with van der Waals surface area (Å²) in [5.74, 6) is 0.236. The Morgan fingerprint density at radius 1 is 1.29 bits per heavy atom. The van der Waals surface area contributed by atoms with Gasteiger partial charge in [0.25, 0.3) is 0 Å². The summed E-state index contributed by atoms with van der Waals surface area (Å²) in [6, 6.07) is 0. The fourth-order valence-corrected chi connectivity index (χ4v) is 2.38. The van der Waals surface area contributed by atoms with Gasteiger partial charge in [0.2, 0.25) is 5.95 Å². The van der Waals surface area contributed by atoms with E-state index in [0.717, 1.165) is 18.5 Å². The normalized spacial score (nSPS) is 14.6. The lowest BCUT2D eigenvalue weighted by molar-refractivity contribution is 0.487. The van der Waals surface area contributed by atoms with E-state index in [1.807, 2.05) is 10.9 Å². The lowest BCUT2D eigenvalue weighted by atomic mass is 10.0. The summed E-state index contributed by atoms with van der Waals surface area (Å²) < 4.78 is 2.02. The van der Waals surface area contributed by atoms with Crippen molar-refractivity contribution in [1.29, 1.82) is 0 Å². The second kappa shape index (κ2) is 4.00. The first kappa shape index (κ1) is 10.5. The zero-order chi connectivity index (χ0) is 11.8. The highest BCUT2D eigenvalue weighted by Gasteiger charge is 2.18. The van der Waals surface area contributed by atoms with Crippen molar-refractivity contribution in [2.45, 2.75) is 25.8 Å². The van der Waals surface area contributed by atoms with Gasteiger partial charge in [0, 0.05) is 17.8 Å². The molecule has 0 spiro atoms. The van der Waals surface area contributed by atoms with Gasteiger partial charge in [-0.2, -0.15) is 5.10 Å². The van der Waals surface area contributed by atoms with E-state index in [2.05, 4.69) is 15.1 Å². The number of aryl methyl sites for hydroxylation is 1. The number of halogens is 1. The lowest BCUT2D eigenvalue weighted by Gasteiger charge is -2.14. The molecule has 0 unspecified atom stereocenters. The Morgan fingerprint density at radius 3 is 3.06 bits per heavy atom. The number of anilines is 1. The smallest absolute Gasteiger partial charge is 0.220 e. The highest BCUT2D eigenvalue weighted by molar-refractivity contribution is 6.32. The standard InChI is InChI=1S/C11H12ClN5/c12-8-6-14-11(13)16-10(8)7-5-15-17-4-2-1-3-9(7)17/h5-6H,1-4H2,(H2,13,14,16). The Morgan fingerprint density at radius 2 is 2.18 bits per heavy atom. The van der Waals surface area contributed by atoms with Gasteiger partial charge in [-0.3, -0.25) is 4.68 Å². The minimum absolute atomic E-state index is 0.236. The maximum atomic E-state index is 6.11. The van der Waals surface area contributed by atoms with Crippen LogP contribution in [-0.4, -0.2) is 19.7 Å². The lowest BCUT2D eigenvalue weighted by Crippen LogP contribution is -2.11. The summed E-state index contributed by atoms with van der Waals surface area (Å²) in [6.07, 6.45) is 6.71. The summed E-state index contributed by atoms with van der Waals surface area (Å²) in [5.41, 5.74) is 8.45. The van der Waals surface area contributed by atoms with E-state index in [1.165, 1.54) is 24.7 Å². The summed E-state index contributed by atoms with van der Waals surface area (Å²) >= 11 is 6.11. The van der Waals surface area contributed by atoms with Crippen LogP contribution in [0.3, 0.4) is 0 Å². The first-order valence-electron chi connectivity index (χ1n) is 5.59. The second-order valence-electron chi connectivity index (χ2n) is 4.11. The molecule has 2 N–H and O–H groups in total. The molecule has 1 aliphatic rings. The molecule has 17 heavy (non-hydrogen) atoms. The predicted molar refractivity (Wildman–Crippen MR) is 65.6 cm³/mol. The molecular weight excluding hydrogens is 238 g/mol. The largest absolute Gasteiger partial charge is 0.368 e. The van der Waals surface area contributed by atoms with E-state index < -0.39 is 0 Å². The SMILES string of the molecule is Nc1ncc(Cl)c(-c2cnn3c2CCCC3)n1. The van der Waals surface area contributed by atoms with Gasteiger partial charge in [0.05, 0.1) is 23.1 Å². The van der Waals surface area contributed by atoms with Crippen molar-refractivity contribution in [3.63, 3.8) is 0 Å². The van der Waals surface area contributed by atoms with Crippen LogP contribution in [0.1, 0.15) is 18.5 Å². The van der Waals surface area contributed by atoms with Crippen LogP contribution in [0.25, 0.3) is 11.3 Å². The molecule has 0 atom stereocenters. The molecule has 0 bridgehead atoms. The second-order valence-corrected chi connectivity index (χ2v) is 4.52. The van der Waals surface area contributed by atoms with Crippen LogP contribution in [0, 0.1) is 0 Å². The van der Waals surface area contributed by atoms with Crippen molar-refractivity contribution in [2.75, 3.05) is 5.73 Å². The molecule has 2 aromatic rings. The summed E-state index contributed by atoms with van der Waals surface area (Å²) in [5, 5.41) is 4.88. The van der Waals surface area contributed by atoms with Crippen LogP contribution in [0.15, 0.2) is 12.4 Å². The molecule has 88 valence electrons. The van der Waals surface area contributed by atoms with E-state index in [4.69, 9.17) is 17.3 Å². The Labute approximate surface area is 104 Å². The highest BCUT2D eigenvalue weighted by atomic mass is 35.5. The number of hydrogen-bond acceptors (Lipinski definition) is 4. The van der Waals surface area contributed by atoms with E-state index in [9.17, 15) is 0 Å². The average molecular weight is 250 g/mol. The van der Waals surface area contributed by atoms with Gasteiger partial charge in [-0.25, -0.2) is 9.97 Å². The molecule has 2 aromatic heterocycles. The van der Waals surface area contributed by atoms with Crippen LogP contribution in [0.4, 0.5) is 5.95 Å². The van der Waals surface area contributed by atoms with Crippen LogP contribution >= 0.6 is 11.6 Å². The van der Waals surface area contributed by atoms with Crippen LogP contribution in [0.5, 0.6) is 0 Å². The zero-order valence-electron chi connectivity index (χ0n) is 9.23. The van der Waals surface area contributed by atoms with Gasteiger partial charge in [-0.15, -0.1) is 0 Å². The van der Waals surface area contributed by atoms with Crippen molar-refractivity contribution in [3.8, 4) is 11.3 Å². The van der Waals surface area contributed by atoms with Gasteiger partial charge < -0.3 is 5.73 Å². The number of nitrogen functional groups attached to an aromatic ring is 1. The van der Waals surface area contributed by atoms with E-state index in [1.54, 1.807) is 0 Å². The summed E-state index contributed by atoms with van der Waals surface area (Å²) in [6.45, 7) is 0.966. The highest BCUT2D eigenvalue weighted by Crippen LogP contribution is 2.31. The Kier molecular flexibility index (Phi) is 2.48. The van der Waals surface area contributed by atoms with E-state index in [-0.39, 0.29) is 5.95 Å². The maximum Gasteiger partial charge on any atom is 0.220 e. The van der Waals surface area contributed by atoms with E-state index in [0.29, 0.717) is 10.7 Å². The number of nitrogens with zero attached hydrogens (tertiary/aromatic N) is 4. The van der Waals surface area contributed by atoms with E-state index >= 15 is 0 Å². The Bertz CT molecular complexity index is 563. The third-order valence-corrected chi connectivity index (χ3v) is 3.28. The molecule has 0 fully saturated rings. The molecule has 0 saturated carbocycles. The van der Waals surface area contributed by atoms with Crippen molar-refractivity contribution in [1.82, 2.24) is 19.7 Å². The van der Waals surface area contributed by atoms with Gasteiger partial charge in [0.1, 0.15) is 0 Å². The third-order valence-electron chi connectivity index (χ3n) is 3.00. The average Bonchev–Trinajstić information content (AvgIpc) is 2.76. The van der Waals surface area contributed by atoms with Crippen molar-refractivity contribution in [3.05, 3.63) is 23.1 Å². The van der Waals surface area contributed by atoms with Gasteiger partial charge in [0.15, 0.2) is 0 Å². The number of hydrogen-bond donors (Lipinski definition) is 1. The molecule has 5 nitrogen and oxygen atoms in total. The first-order chi connectivity index (χ1) is 8.25. The van der Waals surface area contributed by atoms with Gasteiger partial charge >= 0.3 is 0 Å². The summed E-state index contributed by atoms with van der Waals surface area (Å²) in [4.78, 5) is 8.07. The minimum Gasteiger partial charge on any atom is -0.368 e. The summed E-state index contributed by atoms with van der Waals surface area (Å²) in [7, 11) is 0. The molecular formula is C11H12ClN5. The third kappa shape index (κ3) is 1.76. The fourth-order valence-electron chi connectivity index (χ4n) is 2.19. The van der Waals surface area contributed by atoms with Crippen LogP contribution in [0.2, 0.25) is 5.02 Å². The predicted octanol–water partition coefficient (Wildman–Crippen LogP) is 1.91. The topological polar surface area (TPSA) is 69.6 Å². The van der Waals surface area contributed by atoms with Crippen molar-refractivity contribution in [2.24, 2.45) is 0 Å². The maximum absolute atomic E-state index is 6.11. The molecule has 0 amide bonds. The van der Waals surface area contributed by atoms with Crippen LogP contribution in [-0.2, 0) is 13.0 Å². The number of nitrogens with two attached hydrogens (primary N) is 1. The zero-order valence-corrected chi connectivity index (χ0v) is 9.98. The van der Waals surface area contributed by atoms with Crippen LogP contribution < -0.4 is 5.73 Å². The molecule has 0 aromatic carbocycles. The van der Waals surface area contributed by atoms with Gasteiger partial charge in [-0.1, -0.05) is 11.6 Å². The fraction of sp³-hybridized carbons (Fsp3) is 0.364.